The third kappa shape index (κ3) is 4.91. The quantitative estimate of drug-likeness (QED) is 0.299. The molecule has 0 unspecified atom stereocenters. The summed E-state index contributed by atoms with van der Waals surface area (Å²) in [6.45, 7) is 0. The van der Waals surface area contributed by atoms with Crippen LogP contribution in [0.1, 0.15) is 5.56 Å². The molecule has 2 aromatic carbocycles. The van der Waals surface area contributed by atoms with Crippen LogP contribution in [0.15, 0.2) is 53.6 Å². The van der Waals surface area contributed by atoms with Crippen LogP contribution in [0.25, 0.3) is 0 Å². The van der Waals surface area contributed by atoms with Crippen molar-refractivity contribution in [2.45, 2.75) is 0 Å². The lowest BCUT2D eigenvalue weighted by molar-refractivity contribution is -0.385. The summed E-state index contributed by atoms with van der Waals surface area (Å²) in [5.74, 6) is 0.953. The number of ether oxygens (including phenoxy) is 1. The molecule has 3 aromatic rings. The number of nitrogens with one attached hydrogen (secondary N) is 3. The van der Waals surface area contributed by atoms with Crippen LogP contribution in [0.4, 0.5) is 29.2 Å². The van der Waals surface area contributed by atoms with Gasteiger partial charge in [0.15, 0.2) is 0 Å². The number of nitro benzene ring substituents is 1. The molecule has 0 spiro atoms. The lowest BCUT2D eigenvalue weighted by Crippen LogP contribution is -2.07. The zero-order valence-electron chi connectivity index (χ0n) is 15.7. The molecule has 11 nitrogen and oxygen atoms in total. The Morgan fingerprint density at radius 3 is 2.45 bits per heavy atom. The lowest BCUT2D eigenvalue weighted by atomic mass is 10.2. The second-order valence-corrected chi connectivity index (χ2v) is 5.57. The van der Waals surface area contributed by atoms with Crippen LogP contribution >= 0.6 is 0 Å². The molecule has 0 aliphatic rings. The average molecular weight is 394 g/mol. The van der Waals surface area contributed by atoms with E-state index in [1.165, 1.54) is 19.4 Å². The van der Waals surface area contributed by atoms with Crippen molar-refractivity contribution >= 4 is 35.4 Å². The number of hydrogen-bond acceptors (Lipinski definition) is 10. The molecule has 0 saturated carbocycles. The largest absolute Gasteiger partial charge is 0.490 e. The van der Waals surface area contributed by atoms with E-state index in [0.29, 0.717) is 17.5 Å². The summed E-state index contributed by atoms with van der Waals surface area (Å²) in [7, 11) is 3.04. The minimum absolute atomic E-state index is 0.112. The van der Waals surface area contributed by atoms with Crippen molar-refractivity contribution < 1.29 is 9.66 Å². The normalized spacial score (nSPS) is 10.6. The van der Waals surface area contributed by atoms with Crippen LogP contribution in [0.2, 0.25) is 0 Å². The van der Waals surface area contributed by atoms with Gasteiger partial charge in [-0.15, -0.1) is 0 Å². The maximum atomic E-state index is 11.1. The molecule has 1 aromatic heterocycles. The van der Waals surface area contributed by atoms with E-state index < -0.39 is 4.92 Å². The summed E-state index contributed by atoms with van der Waals surface area (Å²) in [6, 6.07) is 14.0. The van der Waals surface area contributed by atoms with Crippen molar-refractivity contribution in [2.75, 3.05) is 30.2 Å². The van der Waals surface area contributed by atoms with Crippen molar-refractivity contribution in [3.63, 3.8) is 0 Å². The Balaban J connectivity index is 1.81. The molecule has 3 N–H and O–H groups in total. The fraction of sp³-hybridized carbons (Fsp3) is 0.111. The molecule has 11 heteroatoms. The van der Waals surface area contributed by atoms with E-state index in [0.717, 1.165) is 5.69 Å². The van der Waals surface area contributed by atoms with Gasteiger partial charge >= 0.3 is 5.69 Å². The van der Waals surface area contributed by atoms with Gasteiger partial charge in [0.05, 0.1) is 18.2 Å². The number of anilines is 4. The van der Waals surface area contributed by atoms with Crippen molar-refractivity contribution in [2.24, 2.45) is 5.10 Å². The maximum absolute atomic E-state index is 11.1. The number of aromatic nitrogens is 3. The maximum Gasteiger partial charge on any atom is 0.311 e. The zero-order valence-corrected chi connectivity index (χ0v) is 15.7. The molecule has 3 rings (SSSR count). The highest BCUT2D eigenvalue weighted by molar-refractivity contribution is 5.86. The Hall–Kier alpha value is -4.28. The Kier molecular flexibility index (Phi) is 6.10. The van der Waals surface area contributed by atoms with Crippen molar-refractivity contribution in [3.05, 3.63) is 64.2 Å². The van der Waals surface area contributed by atoms with Crippen LogP contribution in [0.3, 0.4) is 0 Å². The summed E-state index contributed by atoms with van der Waals surface area (Å²) >= 11 is 0. The lowest BCUT2D eigenvalue weighted by Gasteiger charge is -2.08. The second-order valence-electron chi connectivity index (χ2n) is 5.57. The minimum atomic E-state index is -0.518. The monoisotopic (exact) mass is 394 g/mol. The van der Waals surface area contributed by atoms with E-state index in [9.17, 15) is 10.1 Å². The number of para-hydroxylation sites is 2. The van der Waals surface area contributed by atoms with Gasteiger partial charge in [-0.2, -0.15) is 20.1 Å². The number of nitrogens with zero attached hydrogens (tertiary/aromatic N) is 5. The van der Waals surface area contributed by atoms with E-state index in [2.05, 4.69) is 36.1 Å². The molecule has 0 atom stereocenters. The van der Waals surface area contributed by atoms with Gasteiger partial charge in [-0.05, 0) is 18.2 Å². The van der Waals surface area contributed by atoms with Crippen LogP contribution in [0.5, 0.6) is 5.75 Å². The Morgan fingerprint density at radius 2 is 1.76 bits per heavy atom. The van der Waals surface area contributed by atoms with E-state index in [4.69, 9.17) is 4.74 Å². The van der Waals surface area contributed by atoms with Crippen molar-refractivity contribution in [1.82, 2.24) is 15.0 Å². The van der Waals surface area contributed by atoms with Crippen molar-refractivity contribution in [1.29, 1.82) is 0 Å². The third-order valence-electron chi connectivity index (χ3n) is 3.68. The van der Waals surface area contributed by atoms with Crippen LogP contribution < -0.4 is 20.8 Å². The van der Waals surface area contributed by atoms with Gasteiger partial charge < -0.3 is 15.4 Å². The molecule has 0 radical (unpaired) electrons. The Morgan fingerprint density at radius 1 is 1.03 bits per heavy atom. The second kappa shape index (κ2) is 9.08. The highest BCUT2D eigenvalue weighted by atomic mass is 16.6. The predicted octanol–water partition coefficient (Wildman–Crippen LogP) is 3.02. The highest BCUT2D eigenvalue weighted by Crippen LogP contribution is 2.29. The molecular weight excluding hydrogens is 376 g/mol. The Labute approximate surface area is 166 Å². The molecule has 148 valence electrons. The van der Waals surface area contributed by atoms with Crippen LogP contribution in [0, 0.1) is 10.1 Å². The van der Waals surface area contributed by atoms with Crippen molar-refractivity contribution in [3.8, 4) is 5.75 Å². The number of hydrazone groups is 1. The first kappa shape index (κ1) is 19.5. The number of rotatable bonds is 8. The fourth-order valence-corrected chi connectivity index (χ4v) is 2.41. The van der Waals surface area contributed by atoms with E-state index in [1.807, 2.05) is 30.3 Å². The minimum Gasteiger partial charge on any atom is -0.490 e. The highest BCUT2D eigenvalue weighted by Gasteiger charge is 2.17. The molecular formula is C18H18N8O3. The number of methoxy groups -OCH3 is 1. The van der Waals surface area contributed by atoms with Gasteiger partial charge in [-0.1, -0.05) is 24.3 Å². The summed E-state index contributed by atoms with van der Waals surface area (Å²) < 4.78 is 5.14. The van der Waals surface area contributed by atoms with Gasteiger partial charge in [0.25, 0.3) is 0 Å². The fourth-order valence-electron chi connectivity index (χ4n) is 2.41. The first-order chi connectivity index (χ1) is 14.1. The van der Waals surface area contributed by atoms with Crippen LogP contribution in [-0.2, 0) is 0 Å². The van der Waals surface area contributed by atoms with Gasteiger partial charge in [0.2, 0.25) is 23.6 Å². The summed E-state index contributed by atoms with van der Waals surface area (Å²) in [5, 5.41) is 21.1. The number of benzene rings is 2. The molecule has 29 heavy (non-hydrogen) atoms. The SMILES string of the molecule is CNc1nc(N/N=C/c2cccc([N+](=O)[O-])c2OC)nc(Nc2ccccc2)n1. The Bertz CT molecular complexity index is 1030. The zero-order chi connectivity index (χ0) is 20.6. The molecule has 0 fully saturated rings. The molecule has 0 amide bonds. The van der Waals surface area contributed by atoms with E-state index in [-0.39, 0.29) is 17.4 Å². The molecule has 0 aliphatic carbocycles. The van der Waals surface area contributed by atoms with Crippen LogP contribution in [-0.4, -0.2) is 40.2 Å². The van der Waals surface area contributed by atoms with Gasteiger partial charge in [-0.3, -0.25) is 10.1 Å². The number of hydrogen-bond donors (Lipinski definition) is 3. The molecule has 1 heterocycles. The summed E-state index contributed by atoms with van der Waals surface area (Å²) in [4.78, 5) is 23.3. The van der Waals surface area contributed by atoms with Gasteiger partial charge in [-0.25, -0.2) is 5.43 Å². The molecule has 0 saturated heterocycles. The standard InChI is InChI=1S/C18H18N8O3/c1-19-16-22-17(21-13-8-4-3-5-9-13)24-18(23-16)25-20-11-12-7-6-10-14(26(27)28)15(12)29-2/h3-11H,1-2H3,(H3,19,21,22,23,24,25)/b20-11+. The summed E-state index contributed by atoms with van der Waals surface area (Å²) in [6.07, 6.45) is 1.39. The third-order valence-corrected chi connectivity index (χ3v) is 3.68. The van der Waals surface area contributed by atoms with Gasteiger partial charge in [0, 0.05) is 24.4 Å². The first-order valence-corrected chi connectivity index (χ1v) is 8.47. The molecule has 0 bridgehead atoms. The predicted molar refractivity (Wildman–Crippen MR) is 110 cm³/mol. The number of nitro groups is 1. The van der Waals surface area contributed by atoms with Gasteiger partial charge in [0.1, 0.15) is 0 Å². The van der Waals surface area contributed by atoms with E-state index in [1.54, 1.807) is 19.2 Å². The van der Waals surface area contributed by atoms with E-state index >= 15 is 0 Å². The topological polar surface area (TPSA) is 139 Å². The molecule has 0 aliphatic heterocycles. The average Bonchev–Trinajstić information content (AvgIpc) is 2.74. The first-order valence-electron chi connectivity index (χ1n) is 8.47. The summed E-state index contributed by atoms with van der Waals surface area (Å²) in [5.41, 5.74) is 3.79. The smallest absolute Gasteiger partial charge is 0.311 e.